The standard InChI is InChI=1S/C12H21N2O2P/c1-13(2)17(16,14(3)4)10-12(15)11-8-6-5-7-9-11/h5-9,12,15H,10H2,1-4H3. The van der Waals surface area contributed by atoms with Crippen molar-refractivity contribution < 1.29 is 9.67 Å². The van der Waals surface area contributed by atoms with Crippen molar-refractivity contribution in [1.29, 1.82) is 0 Å². The molecule has 5 heteroatoms. The summed E-state index contributed by atoms with van der Waals surface area (Å²) in [5.74, 6) is 0. The summed E-state index contributed by atoms with van der Waals surface area (Å²) in [6, 6.07) is 9.33. The van der Waals surface area contributed by atoms with Crippen LogP contribution in [0.4, 0.5) is 0 Å². The van der Waals surface area contributed by atoms with Gasteiger partial charge in [-0.1, -0.05) is 30.3 Å². The van der Waals surface area contributed by atoms with Crippen LogP contribution in [0, 0.1) is 0 Å². The Morgan fingerprint density at radius 2 is 1.59 bits per heavy atom. The Labute approximate surface area is 103 Å². The van der Waals surface area contributed by atoms with Gasteiger partial charge in [0.1, 0.15) is 0 Å². The smallest absolute Gasteiger partial charge is 0.218 e. The summed E-state index contributed by atoms with van der Waals surface area (Å²) in [5.41, 5.74) is 0.802. The van der Waals surface area contributed by atoms with E-state index in [1.165, 1.54) is 0 Å². The lowest BCUT2D eigenvalue weighted by molar-refractivity contribution is 0.197. The molecule has 0 amide bonds. The molecule has 1 atom stereocenters. The van der Waals surface area contributed by atoms with E-state index in [0.29, 0.717) is 0 Å². The Kier molecular flexibility index (Phi) is 4.90. The van der Waals surface area contributed by atoms with Gasteiger partial charge in [-0.3, -0.25) is 4.57 Å². The number of aliphatic hydroxyl groups excluding tert-OH is 1. The van der Waals surface area contributed by atoms with E-state index >= 15 is 0 Å². The lowest BCUT2D eigenvalue weighted by Crippen LogP contribution is -2.25. The van der Waals surface area contributed by atoms with Crippen LogP contribution in [0.15, 0.2) is 30.3 Å². The molecule has 0 fully saturated rings. The lowest BCUT2D eigenvalue weighted by atomic mass is 10.1. The van der Waals surface area contributed by atoms with Crippen molar-refractivity contribution in [3.05, 3.63) is 35.9 Å². The van der Waals surface area contributed by atoms with Gasteiger partial charge in [0, 0.05) is 0 Å². The van der Waals surface area contributed by atoms with E-state index in [4.69, 9.17) is 0 Å². The predicted molar refractivity (Wildman–Crippen MR) is 71.2 cm³/mol. The molecule has 0 aliphatic rings. The quantitative estimate of drug-likeness (QED) is 0.819. The zero-order chi connectivity index (χ0) is 13.1. The molecule has 1 aromatic rings. The van der Waals surface area contributed by atoms with E-state index < -0.39 is 13.5 Å². The molecule has 4 nitrogen and oxygen atoms in total. The first-order valence-corrected chi connectivity index (χ1v) is 7.35. The maximum Gasteiger partial charge on any atom is 0.218 e. The molecule has 0 spiro atoms. The van der Waals surface area contributed by atoms with Gasteiger partial charge < -0.3 is 5.11 Å². The topological polar surface area (TPSA) is 43.8 Å². The Balaban J connectivity index is 2.86. The van der Waals surface area contributed by atoms with Crippen LogP contribution in [0.2, 0.25) is 0 Å². The van der Waals surface area contributed by atoms with E-state index in [9.17, 15) is 9.67 Å². The van der Waals surface area contributed by atoms with Gasteiger partial charge in [-0.05, 0) is 33.8 Å². The van der Waals surface area contributed by atoms with Crippen LogP contribution in [-0.4, -0.2) is 48.8 Å². The Bertz CT molecular complexity index is 381. The molecule has 0 saturated heterocycles. The van der Waals surface area contributed by atoms with Crippen LogP contribution in [0.5, 0.6) is 0 Å². The van der Waals surface area contributed by atoms with E-state index in [2.05, 4.69) is 0 Å². The highest BCUT2D eigenvalue weighted by Gasteiger charge is 2.31. The molecule has 1 N–H and O–H groups in total. The minimum Gasteiger partial charge on any atom is -0.388 e. The van der Waals surface area contributed by atoms with Gasteiger partial charge in [-0.15, -0.1) is 0 Å². The highest BCUT2D eigenvalue weighted by Crippen LogP contribution is 2.51. The number of benzene rings is 1. The van der Waals surface area contributed by atoms with Crippen molar-refractivity contribution in [3.63, 3.8) is 0 Å². The average molecular weight is 256 g/mol. The predicted octanol–water partition coefficient (Wildman–Crippen LogP) is 2.04. The third kappa shape index (κ3) is 3.39. The second-order valence-corrected chi connectivity index (χ2v) is 7.76. The summed E-state index contributed by atoms with van der Waals surface area (Å²) >= 11 is 0. The third-order valence-electron chi connectivity index (χ3n) is 2.85. The number of rotatable bonds is 5. The molecule has 0 radical (unpaired) electrons. The summed E-state index contributed by atoms with van der Waals surface area (Å²) in [7, 11) is 4.44. The maximum absolute atomic E-state index is 12.7. The molecular formula is C12H21N2O2P. The Morgan fingerprint density at radius 3 is 2.00 bits per heavy atom. The molecule has 0 aliphatic carbocycles. The number of nitrogens with zero attached hydrogens (tertiary/aromatic N) is 2. The fraction of sp³-hybridized carbons (Fsp3) is 0.500. The zero-order valence-corrected chi connectivity index (χ0v) is 11.8. The molecule has 0 aromatic heterocycles. The first kappa shape index (κ1) is 14.4. The molecule has 17 heavy (non-hydrogen) atoms. The molecule has 0 bridgehead atoms. The van der Waals surface area contributed by atoms with Crippen LogP contribution >= 0.6 is 7.44 Å². The fourth-order valence-electron chi connectivity index (χ4n) is 1.69. The van der Waals surface area contributed by atoms with E-state index in [1.54, 1.807) is 37.5 Å². The summed E-state index contributed by atoms with van der Waals surface area (Å²) in [6.45, 7) is 0. The SMILES string of the molecule is CN(C)P(=O)(CC(O)c1ccccc1)N(C)C. The van der Waals surface area contributed by atoms with Crippen molar-refractivity contribution >= 4 is 7.44 Å². The second-order valence-electron chi connectivity index (χ2n) is 4.47. The average Bonchev–Trinajstić information content (AvgIpc) is 2.29. The van der Waals surface area contributed by atoms with Crippen molar-refractivity contribution in [3.8, 4) is 0 Å². The van der Waals surface area contributed by atoms with Gasteiger partial charge in [-0.2, -0.15) is 0 Å². The zero-order valence-electron chi connectivity index (χ0n) is 10.9. The normalized spacial score (nSPS) is 14.3. The fourth-order valence-corrected chi connectivity index (χ4v) is 3.72. The number of aliphatic hydroxyl groups is 1. The van der Waals surface area contributed by atoms with Crippen molar-refractivity contribution in [1.82, 2.24) is 9.34 Å². The van der Waals surface area contributed by atoms with Gasteiger partial charge in [0.05, 0.1) is 12.3 Å². The minimum atomic E-state index is -2.67. The second kappa shape index (κ2) is 5.78. The largest absolute Gasteiger partial charge is 0.388 e. The van der Waals surface area contributed by atoms with Crippen molar-refractivity contribution in [2.75, 3.05) is 34.4 Å². The Hall–Kier alpha value is -0.670. The molecule has 0 heterocycles. The van der Waals surface area contributed by atoms with Gasteiger partial charge in [0.15, 0.2) is 0 Å². The minimum absolute atomic E-state index is 0.233. The van der Waals surface area contributed by atoms with Crippen LogP contribution in [-0.2, 0) is 4.57 Å². The molecule has 1 rings (SSSR count). The van der Waals surface area contributed by atoms with Crippen LogP contribution in [0.3, 0.4) is 0 Å². The first-order valence-electron chi connectivity index (χ1n) is 5.55. The van der Waals surface area contributed by atoms with Crippen LogP contribution < -0.4 is 0 Å². The monoisotopic (exact) mass is 256 g/mol. The first-order chi connectivity index (χ1) is 7.88. The van der Waals surface area contributed by atoms with E-state index in [0.717, 1.165) is 5.56 Å². The third-order valence-corrected chi connectivity index (χ3v) is 6.17. The summed E-state index contributed by atoms with van der Waals surface area (Å²) in [4.78, 5) is 0. The molecule has 0 aliphatic heterocycles. The molecule has 0 saturated carbocycles. The number of hydrogen-bond acceptors (Lipinski definition) is 2. The molecule has 96 valence electrons. The summed E-state index contributed by atoms with van der Waals surface area (Å²) in [5, 5.41) is 10.1. The Morgan fingerprint density at radius 1 is 1.12 bits per heavy atom. The summed E-state index contributed by atoms with van der Waals surface area (Å²) < 4.78 is 16.1. The van der Waals surface area contributed by atoms with Gasteiger partial charge in [0.2, 0.25) is 7.44 Å². The van der Waals surface area contributed by atoms with Crippen molar-refractivity contribution in [2.45, 2.75) is 6.10 Å². The van der Waals surface area contributed by atoms with Gasteiger partial charge >= 0.3 is 0 Å². The van der Waals surface area contributed by atoms with Gasteiger partial charge in [-0.25, -0.2) is 9.34 Å². The molecular weight excluding hydrogens is 235 g/mol. The van der Waals surface area contributed by atoms with Gasteiger partial charge in [0.25, 0.3) is 0 Å². The summed E-state index contributed by atoms with van der Waals surface area (Å²) in [6.07, 6.45) is -0.469. The highest BCUT2D eigenvalue weighted by atomic mass is 31.2. The molecule has 1 unspecified atom stereocenters. The van der Waals surface area contributed by atoms with E-state index in [-0.39, 0.29) is 6.16 Å². The van der Waals surface area contributed by atoms with Crippen molar-refractivity contribution in [2.24, 2.45) is 0 Å². The van der Waals surface area contributed by atoms with Crippen LogP contribution in [0.25, 0.3) is 0 Å². The number of hydrogen-bond donors (Lipinski definition) is 1. The lowest BCUT2D eigenvalue weighted by Gasteiger charge is -2.32. The highest BCUT2D eigenvalue weighted by molar-refractivity contribution is 7.59. The van der Waals surface area contributed by atoms with E-state index in [1.807, 2.05) is 30.3 Å². The van der Waals surface area contributed by atoms with Crippen LogP contribution in [0.1, 0.15) is 11.7 Å². The maximum atomic E-state index is 12.7. The molecule has 1 aromatic carbocycles.